The Bertz CT molecular complexity index is 452. The van der Waals surface area contributed by atoms with Crippen LogP contribution >= 0.6 is 0 Å². The van der Waals surface area contributed by atoms with E-state index < -0.39 is 35.1 Å². The molecule has 0 aliphatic carbocycles. The van der Waals surface area contributed by atoms with E-state index in [9.17, 15) is 14.4 Å². The molecule has 3 N–H and O–H groups in total. The molecule has 0 aliphatic heterocycles. The molecular weight excluding hydrogens is 314 g/mol. The summed E-state index contributed by atoms with van der Waals surface area (Å²) in [4.78, 5) is 36.4. The number of likely N-dealkylation sites (N-methyl/N-ethyl adjacent to an activating group) is 1. The average Bonchev–Trinajstić information content (AvgIpc) is 2.39. The number of alkyl carbamates (subject to hydrolysis) is 1. The van der Waals surface area contributed by atoms with Crippen LogP contribution in [0.25, 0.3) is 0 Å². The molecule has 8 heteroatoms. The minimum Gasteiger partial charge on any atom is -0.444 e. The number of ether oxygens (including phenoxy) is 2. The molecule has 0 radical (unpaired) electrons. The zero-order chi connectivity index (χ0) is 19.1. The highest BCUT2D eigenvalue weighted by Crippen LogP contribution is 2.19. The van der Waals surface area contributed by atoms with Crippen molar-refractivity contribution in [1.82, 2.24) is 16.0 Å². The molecule has 140 valence electrons. The van der Waals surface area contributed by atoms with Crippen LogP contribution in [0.2, 0.25) is 0 Å². The van der Waals surface area contributed by atoms with Crippen LogP contribution in [-0.2, 0) is 19.1 Å². The van der Waals surface area contributed by atoms with Crippen molar-refractivity contribution in [2.24, 2.45) is 5.41 Å². The summed E-state index contributed by atoms with van der Waals surface area (Å²) in [5.74, 6) is -0.837. The maximum atomic E-state index is 12.5. The number of methoxy groups -OCH3 is 1. The van der Waals surface area contributed by atoms with Gasteiger partial charge in [0.15, 0.2) is 0 Å². The second-order valence-electron chi connectivity index (χ2n) is 7.58. The van der Waals surface area contributed by atoms with Crippen molar-refractivity contribution in [2.45, 2.75) is 59.2 Å². The molecule has 24 heavy (non-hydrogen) atoms. The molecule has 0 unspecified atom stereocenters. The van der Waals surface area contributed by atoms with E-state index in [4.69, 9.17) is 9.47 Å². The van der Waals surface area contributed by atoms with Crippen molar-refractivity contribution >= 4 is 17.9 Å². The highest BCUT2D eigenvalue weighted by molar-refractivity contribution is 5.91. The maximum absolute atomic E-state index is 12.5. The first kappa shape index (κ1) is 22.2. The van der Waals surface area contributed by atoms with Crippen molar-refractivity contribution in [3.63, 3.8) is 0 Å². The number of nitrogens with one attached hydrogen (secondary N) is 3. The van der Waals surface area contributed by atoms with Crippen LogP contribution in [0.4, 0.5) is 4.79 Å². The highest BCUT2D eigenvalue weighted by atomic mass is 16.6. The van der Waals surface area contributed by atoms with Gasteiger partial charge in [0.05, 0.1) is 6.61 Å². The lowest BCUT2D eigenvalue weighted by atomic mass is 9.86. The first-order chi connectivity index (χ1) is 10.8. The molecule has 0 fully saturated rings. The molecule has 3 amide bonds. The van der Waals surface area contributed by atoms with Gasteiger partial charge in [-0.05, 0) is 26.2 Å². The van der Waals surface area contributed by atoms with E-state index in [0.29, 0.717) is 0 Å². The van der Waals surface area contributed by atoms with E-state index in [1.54, 1.807) is 20.8 Å². The van der Waals surface area contributed by atoms with Crippen LogP contribution in [0.15, 0.2) is 0 Å². The second kappa shape index (κ2) is 8.86. The van der Waals surface area contributed by atoms with Crippen LogP contribution in [0.3, 0.4) is 0 Å². The number of hydrogen-bond donors (Lipinski definition) is 3. The van der Waals surface area contributed by atoms with Crippen molar-refractivity contribution in [3.05, 3.63) is 0 Å². The topological polar surface area (TPSA) is 106 Å². The van der Waals surface area contributed by atoms with Crippen LogP contribution in [0, 0.1) is 5.41 Å². The van der Waals surface area contributed by atoms with Gasteiger partial charge in [0.25, 0.3) is 0 Å². The molecule has 0 rings (SSSR count). The van der Waals surface area contributed by atoms with E-state index >= 15 is 0 Å². The smallest absolute Gasteiger partial charge is 0.408 e. The van der Waals surface area contributed by atoms with Gasteiger partial charge >= 0.3 is 6.09 Å². The summed E-state index contributed by atoms with van der Waals surface area (Å²) in [5, 5.41) is 7.64. The number of rotatable bonds is 6. The number of carbonyl (C=O) groups is 3. The van der Waals surface area contributed by atoms with Crippen LogP contribution in [-0.4, -0.2) is 56.4 Å². The first-order valence-electron chi connectivity index (χ1n) is 7.82. The lowest BCUT2D eigenvalue weighted by molar-refractivity contribution is -0.132. The fourth-order valence-electron chi connectivity index (χ4n) is 1.86. The summed E-state index contributed by atoms with van der Waals surface area (Å²) in [6, 6.07) is -1.73. The third-order valence-corrected chi connectivity index (χ3v) is 3.00. The van der Waals surface area contributed by atoms with Gasteiger partial charge < -0.3 is 25.4 Å². The second-order valence-corrected chi connectivity index (χ2v) is 7.58. The summed E-state index contributed by atoms with van der Waals surface area (Å²) in [7, 11) is 2.91. The molecule has 0 saturated carbocycles. The predicted molar refractivity (Wildman–Crippen MR) is 90.5 cm³/mol. The van der Waals surface area contributed by atoms with Gasteiger partial charge in [0.2, 0.25) is 11.8 Å². The van der Waals surface area contributed by atoms with Gasteiger partial charge in [-0.2, -0.15) is 0 Å². The van der Waals surface area contributed by atoms with Gasteiger partial charge in [0.1, 0.15) is 17.7 Å². The van der Waals surface area contributed by atoms with Gasteiger partial charge in [0, 0.05) is 14.2 Å². The molecule has 0 aliphatic rings. The monoisotopic (exact) mass is 345 g/mol. The van der Waals surface area contributed by atoms with Crippen molar-refractivity contribution < 1.29 is 23.9 Å². The maximum Gasteiger partial charge on any atom is 0.408 e. The Kier molecular flexibility index (Phi) is 8.19. The first-order valence-corrected chi connectivity index (χ1v) is 7.82. The summed E-state index contributed by atoms with van der Waals surface area (Å²) >= 11 is 0. The van der Waals surface area contributed by atoms with Gasteiger partial charge in [-0.15, -0.1) is 0 Å². The zero-order valence-corrected chi connectivity index (χ0v) is 15.9. The molecule has 0 aromatic carbocycles. The van der Waals surface area contributed by atoms with Crippen LogP contribution in [0.5, 0.6) is 0 Å². The number of hydrogen-bond acceptors (Lipinski definition) is 5. The van der Waals surface area contributed by atoms with Crippen molar-refractivity contribution in [2.75, 3.05) is 20.8 Å². The summed E-state index contributed by atoms with van der Waals surface area (Å²) in [6.45, 7) is 10.6. The molecule has 8 nitrogen and oxygen atoms in total. The molecule has 0 saturated heterocycles. The lowest BCUT2D eigenvalue weighted by Gasteiger charge is -2.31. The molecule has 0 aromatic heterocycles. The predicted octanol–water partition coefficient (Wildman–Crippen LogP) is 0.803. The van der Waals surface area contributed by atoms with Crippen molar-refractivity contribution in [1.29, 1.82) is 0 Å². The number of carbonyl (C=O) groups excluding carboxylic acids is 3. The largest absolute Gasteiger partial charge is 0.444 e. The normalized spacial score (nSPS) is 14.3. The Morgan fingerprint density at radius 1 is 0.958 bits per heavy atom. The Labute approximate surface area is 144 Å². The third-order valence-electron chi connectivity index (χ3n) is 3.00. The van der Waals surface area contributed by atoms with E-state index in [1.165, 1.54) is 14.2 Å². The zero-order valence-electron chi connectivity index (χ0n) is 15.9. The third kappa shape index (κ3) is 8.14. The molecule has 0 bridgehead atoms. The van der Waals surface area contributed by atoms with E-state index in [2.05, 4.69) is 16.0 Å². The Morgan fingerprint density at radius 3 is 1.88 bits per heavy atom. The Hall–Kier alpha value is -1.83. The molecule has 0 heterocycles. The van der Waals surface area contributed by atoms with E-state index in [0.717, 1.165) is 0 Å². The fraction of sp³-hybridized carbons (Fsp3) is 0.812. The van der Waals surface area contributed by atoms with Gasteiger partial charge in [-0.1, -0.05) is 20.8 Å². The van der Waals surface area contributed by atoms with Crippen LogP contribution in [0.1, 0.15) is 41.5 Å². The quantitative estimate of drug-likeness (QED) is 0.660. The molecular formula is C16H31N3O5. The molecule has 2 atom stereocenters. The minimum atomic E-state index is -0.973. The minimum absolute atomic E-state index is 0.0459. The summed E-state index contributed by atoms with van der Waals surface area (Å²) < 4.78 is 10.1. The lowest BCUT2D eigenvalue weighted by Crippen LogP contribution is -2.58. The van der Waals surface area contributed by atoms with Crippen LogP contribution < -0.4 is 16.0 Å². The van der Waals surface area contributed by atoms with Gasteiger partial charge in [-0.25, -0.2) is 4.79 Å². The molecule has 0 spiro atoms. The Morgan fingerprint density at radius 2 is 1.50 bits per heavy atom. The summed E-state index contributed by atoms with van der Waals surface area (Å²) in [6.07, 6.45) is -0.730. The standard InChI is InChI=1S/C16H31N3O5/c1-15(2,3)11(13(21)17-7)19-12(20)10(9-23-8)18-14(22)24-16(4,5)6/h10-11H,9H2,1-8H3,(H,17,21)(H,18,22)(H,19,20)/t10-,11+/m0/s1. The SMILES string of the molecule is CNC(=O)[C@@H](NC(=O)[C@H](COC)NC(=O)OC(C)(C)C)C(C)(C)C. The highest BCUT2D eigenvalue weighted by Gasteiger charge is 2.34. The van der Waals surface area contributed by atoms with E-state index in [-0.39, 0.29) is 12.5 Å². The fourth-order valence-corrected chi connectivity index (χ4v) is 1.86. The summed E-state index contributed by atoms with van der Waals surface area (Å²) in [5.41, 5.74) is -1.19. The Balaban J connectivity index is 5.07. The van der Waals surface area contributed by atoms with Gasteiger partial charge in [-0.3, -0.25) is 9.59 Å². The number of amides is 3. The van der Waals surface area contributed by atoms with Crippen molar-refractivity contribution in [3.8, 4) is 0 Å². The average molecular weight is 345 g/mol. The molecule has 0 aromatic rings. The van der Waals surface area contributed by atoms with E-state index in [1.807, 2.05) is 20.8 Å².